The Balaban J connectivity index is 1.43. The van der Waals surface area contributed by atoms with E-state index in [1.54, 1.807) is 6.26 Å². The van der Waals surface area contributed by atoms with Crippen LogP contribution in [-0.4, -0.2) is 19.7 Å². The summed E-state index contributed by atoms with van der Waals surface area (Å²) in [6.45, 7) is 3.44. The van der Waals surface area contributed by atoms with Crippen LogP contribution in [0.15, 0.2) is 22.8 Å². The molecule has 3 heteroatoms. The van der Waals surface area contributed by atoms with Gasteiger partial charge in [0.25, 0.3) is 0 Å². The van der Waals surface area contributed by atoms with Gasteiger partial charge in [-0.1, -0.05) is 0 Å². The summed E-state index contributed by atoms with van der Waals surface area (Å²) in [6, 6.07) is 3.81. The average Bonchev–Trinajstić information content (AvgIpc) is 2.87. The second kappa shape index (κ2) is 5.17. The van der Waals surface area contributed by atoms with Crippen LogP contribution < -0.4 is 5.32 Å². The quantitative estimate of drug-likeness (QED) is 0.674. The molecule has 1 fully saturated rings. The van der Waals surface area contributed by atoms with Crippen LogP contribution in [0, 0.1) is 5.92 Å². The van der Waals surface area contributed by atoms with E-state index in [2.05, 4.69) is 5.32 Å². The van der Waals surface area contributed by atoms with E-state index >= 15 is 0 Å². The smallest absolute Gasteiger partial charge is 0.129 e. The first-order valence-corrected chi connectivity index (χ1v) is 5.26. The van der Waals surface area contributed by atoms with Crippen molar-refractivity contribution < 1.29 is 9.15 Å². The molecule has 0 saturated heterocycles. The number of nitrogens with one attached hydrogen (secondary N) is 1. The lowest BCUT2D eigenvalue weighted by Gasteiger charge is -2.03. The van der Waals surface area contributed by atoms with Crippen molar-refractivity contribution in [3.63, 3.8) is 0 Å². The van der Waals surface area contributed by atoms with Crippen molar-refractivity contribution in [1.29, 1.82) is 0 Å². The Morgan fingerprint density at radius 2 is 2.43 bits per heavy atom. The van der Waals surface area contributed by atoms with Gasteiger partial charge in [-0.15, -0.1) is 0 Å². The van der Waals surface area contributed by atoms with Gasteiger partial charge in [0.05, 0.1) is 12.9 Å². The van der Waals surface area contributed by atoms with E-state index in [4.69, 9.17) is 9.15 Å². The number of ether oxygens (including phenoxy) is 1. The maximum absolute atomic E-state index is 5.42. The Labute approximate surface area is 84.4 Å². The molecule has 1 heterocycles. The summed E-state index contributed by atoms with van der Waals surface area (Å²) in [7, 11) is 0. The third-order valence-corrected chi connectivity index (χ3v) is 2.38. The molecule has 0 unspecified atom stereocenters. The highest BCUT2D eigenvalue weighted by molar-refractivity contribution is 4.95. The van der Waals surface area contributed by atoms with Crippen LogP contribution in [0.25, 0.3) is 0 Å². The number of hydrogen-bond donors (Lipinski definition) is 1. The van der Waals surface area contributed by atoms with Gasteiger partial charge in [0.1, 0.15) is 12.4 Å². The predicted octanol–water partition coefficient (Wildman–Crippen LogP) is 1.80. The summed E-state index contributed by atoms with van der Waals surface area (Å²) in [5, 5.41) is 3.37. The molecule has 78 valence electrons. The summed E-state index contributed by atoms with van der Waals surface area (Å²) in [5.74, 6) is 1.84. The van der Waals surface area contributed by atoms with Crippen LogP contribution in [0.4, 0.5) is 0 Å². The maximum atomic E-state index is 5.42. The van der Waals surface area contributed by atoms with Gasteiger partial charge in [0, 0.05) is 6.54 Å². The molecule has 0 spiro atoms. The van der Waals surface area contributed by atoms with Crippen LogP contribution in [0.5, 0.6) is 0 Å². The van der Waals surface area contributed by atoms with Crippen LogP contribution in [-0.2, 0) is 11.3 Å². The van der Waals surface area contributed by atoms with Crippen LogP contribution in [0.3, 0.4) is 0 Å². The first kappa shape index (κ1) is 9.74. The molecule has 1 aromatic heterocycles. The fraction of sp³-hybridized carbons (Fsp3) is 0.636. The van der Waals surface area contributed by atoms with Gasteiger partial charge < -0.3 is 14.5 Å². The monoisotopic (exact) mass is 195 g/mol. The molecule has 0 aliphatic heterocycles. The van der Waals surface area contributed by atoms with Gasteiger partial charge in [-0.3, -0.25) is 0 Å². The number of rotatable bonds is 7. The van der Waals surface area contributed by atoms with E-state index in [1.807, 2.05) is 12.1 Å². The van der Waals surface area contributed by atoms with Gasteiger partial charge in [0.15, 0.2) is 0 Å². The molecule has 0 amide bonds. The van der Waals surface area contributed by atoms with Crippen LogP contribution in [0.2, 0.25) is 0 Å². The first-order valence-electron chi connectivity index (χ1n) is 5.26. The molecule has 1 aromatic rings. The second-order valence-corrected chi connectivity index (χ2v) is 3.78. The average molecular weight is 195 g/mol. The van der Waals surface area contributed by atoms with Crippen molar-refractivity contribution in [2.45, 2.75) is 19.4 Å². The first-order chi connectivity index (χ1) is 6.95. The van der Waals surface area contributed by atoms with E-state index in [-0.39, 0.29) is 0 Å². The van der Waals surface area contributed by atoms with Gasteiger partial charge in [-0.2, -0.15) is 0 Å². The standard InChI is InChI=1S/C11H17NO2/c1-2-11(14-6-1)9-13-7-5-12-8-10-3-4-10/h1-2,6,10,12H,3-5,7-9H2. The second-order valence-electron chi connectivity index (χ2n) is 3.78. The lowest BCUT2D eigenvalue weighted by Crippen LogP contribution is -2.21. The van der Waals surface area contributed by atoms with E-state index in [0.717, 1.165) is 31.4 Å². The maximum Gasteiger partial charge on any atom is 0.129 e. The Kier molecular flexibility index (Phi) is 3.60. The zero-order valence-electron chi connectivity index (χ0n) is 8.37. The van der Waals surface area contributed by atoms with Gasteiger partial charge in [0.2, 0.25) is 0 Å². The zero-order valence-corrected chi connectivity index (χ0v) is 8.37. The highest BCUT2D eigenvalue weighted by Gasteiger charge is 2.19. The minimum atomic E-state index is 0.581. The van der Waals surface area contributed by atoms with Crippen molar-refractivity contribution in [1.82, 2.24) is 5.32 Å². The predicted molar refractivity (Wildman–Crippen MR) is 54.0 cm³/mol. The SMILES string of the molecule is c1coc(COCCNCC2CC2)c1. The summed E-state index contributed by atoms with van der Waals surface area (Å²) < 4.78 is 10.6. The molecule has 0 radical (unpaired) electrons. The fourth-order valence-corrected chi connectivity index (χ4v) is 1.34. The molecule has 0 atom stereocenters. The third kappa shape index (κ3) is 3.52. The van der Waals surface area contributed by atoms with Gasteiger partial charge in [-0.05, 0) is 37.4 Å². The molecule has 1 aliphatic carbocycles. The number of furan rings is 1. The van der Waals surface area contributed by atoms with E-state index < -0.39 is 0 Å². The molecule has 0 bridgehead atoms. The van der Waals surface area contributed by atoms with Crippen molar-refractivity contribution in [2.24, 2.45) is 5.92 Å². The molecular weight excluding hydrogens is 178 g/mol. The molecule has 0 aromatic carbocycles. The van der Waals surface area contributed by atoms with Crippen LogP contribution in [0.1, 0.15) is 18.6 Å². The Bertz CT molecular complexity index is 242. The topological polar surface area (TPSA) is 34.4 Å². The third-order valence-electron chi connectivity index (χ3n) is 2.38. The Hall–Kier alpha value is -0.800. The van der Waals surface area contributed by atoms with Crippen molar-refractivity contribution in [2.75, 3.05) is 19.7 Å². The van der Waals surface area contributed by atoms with Crippen LogP contribution >= 0.6 is 0 Å². The summed E-state index contributed by atoms with van der Waals surface area (Å²) in [5.41, 5.74) is 0. The highest BCUT2D eigenvalue weighted by Crippen LogP contribution is 2.27. The molecular formula is C11H17NO2. The Morgan fingerprint density at radius 1 is 1.50 bits per heavy atom. The molecule has 3 nitrogen and oxygen atoms in total. The molecule has 1 N–H and O–H groups in total. The zero-order chi connectivity index (χ0) is 9.64. The summed E-state index contributed by atoms with van der Waals surface area (Å²) in [4.78, 5) is 0. The summed E-state index contributed by atoms with van der Waals surface area (Å²) in [6.07, 6.45) is 4.48. The minimum absolute atomic E-state index is 0.581. The molecule has 1 aliphatic rings. The van der Waals surface area contributed by atoms with Crippen molar-refractivity contribution in [3.8, 4) is 0 Å². The van der Waals surface area contributed by atoms with E-state index in [0.29, 0.717) is 6.61 Å². The van der Waals surface area contributed by atoms with Crippen molar-refractivity contribution >= 4 is 0 Å². The number of hydrogen-bond acceptors (Lipinski definition) is 3. The van der Waals surface area contributed by atoms with Gasteiger partial charge in [-0.25, -0.2) is 0 Å². The largest absolute Gasteiger partial charge is 0.467 e. The van der Waals surface area contributed by atoms with Gasteiger partial charge >= 0.3 is 0 Å². The lowest BCUT2D eigenvalue weighted by atomic mass is 10.4. The van der Waals surface area contributed by atoms with E-state index in [1.165, 1.54) is 12.8 Å². The molecule has 14 heavy (non-hydrogen) atoms. The molecule has 1 saturated carbocycles. The fourth-order valence-electron chi connectivity index (χ4n) is 1.34. The minimum Gasteiger partial charge on any atom is -0.467 e. The normalized spacial score (nSPS) is 16.0. The summed E-state index contributed by atoms with van der Waals surface area (Å²) >= 11 is 0. The highest BCUT2D eigenvalue weighted by atomic mass is 16.5. The van der Waals surface area contributed by atoms with E-state index in [9.17, 15) is 0 Å². The van der Waals surface area contributed by atoms with Crippen molar-refractivity contribution in [3.05, 3.63) is 24.2 Å². The molecule has 2 rings (SSSR count). The lowest BCUT2D eigenvalue weighted by molar-refractivity contribution is 0.108. The Morgan fingerprint density at radius 3 is 3.14 bits per heavy atom.